The van der Waals surface area contributed by atoms with Crippen LogP contribution < -0.4 is 15.4 Å². The van der Waals surface area contributed by atoms with Crippen molar-refractivity contribution in [2.24, 2.45) is 5.92 Å². The first-order chi connectivity index (χ1) is 10.8. The molecular formula is C18H29ClN2O2. The maximum absolute atomic E-state index is 5.71. The molecule has 1 aliphatic carbocycles. The molecule has 1 saturated heterocycles. The molecule has 2 N–H and O–H groups in total. The van der Waals surface area contributed by atoms with Crippen LogP contribution >= 0.6 is 12.4 Å². The predicted octanol–water partition coefficient (Wildman–Crippen LogP) is 3.38. The molecule has 0 bridgehead atoms. The SMILES string of the molecule is CCOc1cc(NC2CCCC2C2COCCN2)ccc1C.Cl. The fraction of sp³-hybridized carbons (Fsp3) is 0.667. The Bertz CT molecular complexity index is 492. The first-order valence-corrected chi connectivity index (χ1v) is 8.59. The Morgan fingerprint density at radius 3 is 2.96 bits per heavy atom. The van der Waals surface area contributed by atoms with Crippen LogP contribution in [0.4, 0.5) is 5.69 Å². The van der Waals surface area contributed by atoms with Crippen molar-refractivity contribution in [2.45, 2.75) is 45.2 Å². The van der Waals surface area contributed by atoms with Gasteiger partial charge in [-0.1, -0.05) is 12.5 Å². The third-order valence-electron chi connectivity index (χ3n) is 4.88. The highest BCUT2D eigenvalue weighted by atomic mass is 35.5. The van der Waals surface area contributed by atoms with Gasteiger partial charge in [-0.3, -0.25) is 0 Å². The van der Waals surface area contributed by atoms with E-state index in [1.54, 1.807) is 0 Å². The van der Waals surface area contributed by atoms with E-state index >= 15 is 0 Å². The largest absolute Gasteiger partial charge is 0.494 e. The molecule has 2 aliphatic rings. The molecular weight excluding hydrogens is 312 g/mol. The summed E-state index contributed by atoms with van der Waals surface area (Å²) < 4.78 is 11.4. The molecule has 1 heterocycles. The van der Waals surface area contributed by atoms with Gasteiger partial charge in [-0.25, -0.2) is 0 Å². The van der Waals surface area contributed by atoms with E-state index in [-0.39, 0.29) is 12.4 Å². The minimum atomic E-state index is 0. The van der Waals surface area contributed by atoms with Crippen LogP contribution in [0.5, 0.6) is 5.75 Å². The van der Waals surface area contributed by atoms with Crippen molar-refractivity contribution >= 4 is 18.1 Å². The van der Waals surface area contributed by atoms with Crippen LogP contribution in [0.25, 0.3) is 0 Å². The number of halogens is 1. The van der Waals surface area contributed by atoms with Crippen LogP contribution in [0.1, 0.15) is 31.7 Å². The lowest BCUT2D eigenvalue weighted by Crippen LogP contribution is -2.49. The average Bonchev–Trinajstić information content (AvgIpc) is 3.00. The van der Waals surface area contributed by atoms with Crippen LogP contribution in [-0.4, -0.2) is 38.4 Å². The quantitative estimate of drug-likeness (QED) is 0.862. The van der Waals surface area contributed by atoms with Gasteiger partial charge >= 0.3 is 0 Å². The van der Waals surface area contributed by atoms with E-state index in [1.807, 2.05) is 6.92 Å². The molecule has 5 heteroatoms. The zero-order valence-electron chi connectivity index (χ0n) is 14.1. The molecule has 1 aromatic carbocycles. The number of hydrogen-bond acceptors (Lipinski definition) is 4. The zero-order valence-corrected chi connectivity index (χ0v) is 15.0. The molecule has 3 unspecified atom stereocenters. The van der Waals surface area contributed by atoms with Gasteiger partial charge < -0.3 is 20.1 Å². The second kappa shape index (κ2) is 8.76. The predicted molar refractivity (Wildman–Crippen MR) is 97.0 cm³/mol. The Morgan fingerprint density at radius 1 is 1.35 bits per heavy atom. The Hall–Kier alpha value is -0.970. The summed E-state index contributed by atoms with van der Waals surface area (Å²) in [7, 11) is 0. The maximum atomic E-state index is 5.71. The Kier molecular flexibility index (Phi) is 7.00. The van der Waals surface area contributed by atoms with Gasteiger partial charge in [-0.2, -0.15) is 0 Å². The topological polar surface area (TPSA) is 42.5 Å². The number of ether oxygens (including phenoxy) is 2. The number of nitrogens with one attached hydrogen (secondary N) is 2. The minimum absolute atomic E-state index is 0. The van der Waals surface area contributed by atoms with Crippen LogP contribution in [0.15, 0.2) is 18.2 Å². The van der Waals surface area contributed by atoms with Crippen molar-refractivity contribution < 1.29 is 9.47 Å². The van der Waals surface area contributed by atoms with E-state index < -0.39 is 0 Å². The smallest absolute Gasteiger partial charge is 0.124 e. The number of benzene rings is 1. The Balaban J connectivity index is 0.00000192. The van der Waals surface area contributed by atoms with Crippen molar-refractivity contribution in [1.82, 2.24) is 5.32 Å². The summed E-state index contributed by atoms with van der Waals surface area (Å²) in [4.78, 5) is 0. The number of morpholine rings is 1. The second-order valence-electron chi connectivity index (χ2n) is 6.39. The average molecular weight is 341 g/mol. The number of anilines is 1. The van der Waals surface area contributed by atoms with Crippen molar-refractivity contribution in [3.05, 3.63) is 23.8 Å². The van der Waals surface area contributed by atoms with Crippen LogP contribution in [0.2, 0.25) is 0 Å². The monoisotopic (exact) mass is 340 g/mol. The highest BCUT2D eigenvalue weighted by Crippen LogP contribution is 2.33. The lowest BCUT2D eigenvalue weighted by Gasteiger charge is -2.33. The zero-order chi connectivity index (χ0) is 15.4. The van der Waals surface area contributed by atoms with Crippen LogP contribution in [-0.2, 0) is 4.74 Å². The third kappa shape index (κ3) is 4.52. The maximum Gasteiger partial charge on any atom is 0.124 e. The summed E-state index contributed by atoms with van der Waals surface area (Å²) >= 11 is 0. The Morgan fingerprint density at radius 2 is 2.22 bits per heavy atom. The molecule has 1 aliphatic heterocycles. The molecule has 23 heavy (non-hydrogen) atoms. The normalized spacial score (nSPS) is 27.3. The van der Waals surface area contributed by atoms with Crippen LogP contribution in [0.3, 0.4) is 0 Å². The highest BCUT2D eigenvalue weighted by molar-refractivity contribution is 5.85. The molecule has 1 aromatic rings. The van der Waals surface area contributed by atoms with Crippen molar-refractivity contribution in [2.75, 3.05) is 31.7 Å². The lowest BCUT2D eigenvalue weighted by molar-refractivity contribution is 0.0559. The van der Waals surface area contributed by atoms with Crippen molar-refractivity contribution in [3.8, 4) is 5.75 Å². The summed E-state index contributed by atoms with van der Waals surface area (Å²) in [6.07, 6.45) is 3.81. The van der Waals surface area contributed by atoms with E-state index in [9.17, 15) is 0 Å². The fourth-order valence-electron chi connectivity index (χ4n) is 3.73. The summed E-state index contributed by atoms with van der Waals surface area (Å²) in [6, 6.07) is 7.46. The van der Waals surface area contributed by atoms with Crippen LogP contribution in [0, 0.1) is 12.8 Å². The molecule has 0 aromatic heterocycles. The summed E-state index contributed by atoms with van der Waals surface area (Å²) in [5, 5.41) is 7.37. The first-order valence-electron chi connectivity index (χ1n) is 8.59. The first kappa shape index (κ1) is 18.4. The molecule has 3 rings (SSSR count). The van der Waals surface area contributed by atoms with Gasteiger partial charge in [-0.15, -0.1) is 12.4 Å². The molecule has 130 valence electrons. The Labute approximate surface area is 145 Å². The molecule has 0 spiro atoms. The fourth-order valence-corrected chi connectivity index (χ4v) is 3.73. The molecule has 4 nitrogen and oxygen atoms in total. The molecule has 0 radical (unpaired) electrons. The van der Waals surface area contributed by atoms with Gasteiger partial charge in [0.15, 0.2) is 0 Å². The van der Waals surface area contributed by atoms with Gasteiger partial charge in [0.05, 0.1) is 19.8 Å². The van der Waals surface area contributed by atoms with Crippen molar-refractivity contribution in [1.29, 1.82) is 0 Å². The van der Waals surface area contributed by atoms with Gasteiger partial charge in [0.2, 0.25) is 0 Å². The van der Waals surface area contributed by atoms with E-state index in [1.165, 1.54) is 30.5 Å². The molecule has 2 fully saturated rings. The highest BCUT2D eigenvalue weighted by Gasteiger charge is 2.34. The molecule has 1 saturated carbocycles. The third-order valence-corrected chi connectivity index (χ3v) is 4.88. The van der Waals surface area contributed by atoms with E-state index in [2.05, 4.69) is 35.8 Å². The number of aryl methyl sites for hydroxylation is 1. The van der Waals surface area contributed by atoms with Crippen molar-refractivity contribution in [3.63, 3.8) is 0 Å². The lowest BCUT2D eigenvalue weighted by atomic mass is 9.93. The summed E-state index contributed by atoms with van der Waals surface area (Å²) in [5.74, 6) is 1.64. The standard InChI is InChI=1S/C18H28N2O2.ClH/c1-3-22-18-11-14(8-7-13(18)2)20-16-6-4-5-15(16)17-12-21-10-9-19-17;/h7-8,11,15-17,19-20H,3-6,9-10,12H2,1-2H3;1H. The van der Waals surface area contributed by atoms with Gasteiger partial charge in [0.25, 0.3) is 0 Å². The summed E-state index contributed by atoms with van der Waals surface area (Å²) in [6.45, 7) is 7.50. The molecule has 3 atom stereocenters. The van der Waals surface area contributed by atoms with E-state index in [0.29, 0.717) is 24.6 Å². The van der Waals surface area contributed by atoms with Gasteiger partial charge in [-0.05, 0) is 44.2 Å². The number of hydrogen-bond donors (Lipinski definition) is 2. The molecule has 0 amide bonds. The van der Waals surface area contributed by atoms with Gasteiger partial charge in [0, 0.05) is 30.4 Å². The number of rotatable bonds is 5. The second-order valence-corrected chi connectivity index (χ2v) is 6.39. The minimum Gasteiger partial charge on any atom is -0.494 e. The van der Waals surface area contributed by atoms with E-state index in [4.69, 9.17) is 9.47 Å². The van der Waals surface area contributed by atoms with Gasteiger partial charge in [0.1, 0.15) is 5.75 Å². The summed E-state index contributed by atoms with van der Waals surface area (Å²) in [5.41, 5.74) is 2.36. The van der Waals surface area contributed by atoms with E-state index in [0.717, 1.165) is 25.5 Å².